The van der Waals surface area contributed by atoms with Crippen molar-refractivity contribution >= 4 is 22.9 Å². The van der Waals surface area contributed by atoms with Gasteiger partial charge in [0, 0.05) is 24.2 Å². The van der Waals surface area contributed by atoms with Crippen LogP contribution in [0.3, 0.4) is 0 Å². The molecule has 2 heterocycles. The van der Waals surface area contributed by atoms with Gasteiger partial charge in [0.25, 0.3) is 0 Å². The number of nitrogens with zero attached hydrogens (tertiary/aromatic N) is 2. The van der Waals surface area contributed by atoms with Gasteiger partial charge in [-0.2, -0.15) is 0 Å². The molecule has 0 saturated carbocycles. The second-order valence-corrected chi connectivity index (χ2v) is 6.60. The Morgan fingerprint density at radius 1 is 1.35 bits per heavy atom. The third kappa shape index (κ3) is 4.60. The van der Waals surface area contributed by atoms with Crippen molar-refractivity contribution in [2.45, 2.75) is 19.9 Å². The van der Waals surface area contributed by atoms with Gasteiger partial charge in [0.15, 0.2) is 0 Å². The van der Waals surface area contributed by atoms with E-state index < -0.39 is 0 Å². The van der Waals surface area contributed by atoms with Gasteiger partial charge >= 0.3 is 0 Å². The van der Waals surface area contributed by atoms with Gasteiger partial charge in [0.2, 0.25) is 5.91 Å². The topological polar surface area (TPSA) is 54.5 Å². The Morgan fingerprint density at radius 2 is 2.13 bits per heavy atom. The third-order valence-electron chi connectivity index (χ3n) is 3.82. The number of hydrogen-bond donors (Lipinski definition) is 1. The molecule has 0 radical (unpaired) electrons. The Kier molecular flexibility index (Phi) is 5.38. The minimum atomic E-state index is -0.0254. The molecular formula is C17H21N3O2S. The van der Waals surface area contributed by atoms with E-state index in [1.165, 1.54) is 0 Å². The SMILES string of the molecule is Cc1ccccc1NC(=O)Cc1csc(CN2CCOCC2)n1. The molecule has 1 N–H and O–H groups in total. The molecule has 1 saturated heterocycles. The largest absolute Gasteiger partial charge is 0.379 e. The smallest absolute Gasteiger partial charge is 0.230 e. The van der Waals surface area contributed by atoms with Crippen LogP contribution < -0.4 is 5.32 Å². The van der Waals surface area contributed by atoms with Crippen LogP contribution in [0.2, 0.25) is 0 Å². The van der Waals surface area contributed by atoms with E-state index in [9.17, 15) is 4.79 Å². The number of carbonyl (C=O) groups excluding carboxylic acids is 1. The molecule has 6 heteroatoms. The monoisotopic (exact) mass is 331 g/mol. The van der Waals surface area contributed by atoms with Crippen LogP contribution in [0.25, 0.3) is 0 Å². The average molecular weight is 331 g/mol. The molecule has 1 fully saturated rings. The number of nitrogens with one attached hydrogen (secondary N) is 1. The first-order valence-corrected chi connectivity index (χ1v) is 8.67. The molecule has 23 heavy (non-hydrogen) atoms. The van der Waals surface area contributed by atoms with Crippen LogP contribution in [-0.4, -0.2) is 42.1 Å². The Labute approximate surface area is 140 Å². The van der Waals surface area contributed by atoms with E-state index in [2.05, 4.69) is 15.2 Å². The van der Waals surface area contributed by atoms with Gasteiger partial charge in [0.1, 0.15) is 5.01 Å². The van der Waals surface area contributed by atoms with Crippen molar-refractivity contribution < 1.29 is 9.53 Å². The van der Waals surface area contributed by atoms with Gasteiger partial charge in [0.05, 0.1) is 31.9 Å². The second-order valence-electron chi connectivity index (χ2n) is 5.66. The maximum absolute atomic E-state index is 12.2. The zero-order valence-electron chi connectivity index (χ0n) is 13.2. The van der Waals surface area contributed by atoms with Crippen molar-refractivity contribution in [3.8, 4) is 0 Å². The molecule has 1 aromatic carbocycles. The van der Waals surface area contributed by atoms with E-state index in [0.717, 1.165) is 54.8 Å². The molecule has 0 unspecified atom stereocenters. The molecule has 0 bridgehead atoms. The van der Waals surface area contributed by atoms with Crippen LogP contribution in [0.15, 0.2) is 29.6 Å². The first kappa shape index (κ1) is 16.1. The summed E-state index contributed by atoms with van der Waals surface area (Å²) in [5.74, 6) is -0.0254. The summed E-state index contributed by atoms with van der Waals surface area (Å²) in [6.45, 7) is 6.30. The number of amides is 1. The minimum Gasteiger partial charge on any atom is -0.379 e. The lowest BCUT2D eigenvalue weighted by molar-refractivity contribution is -0.115. The summed E-state index contributed by atoms with van der Waals surface area (Å²) in [5, 5.41) is 5.99. The van der Waals surface area contributed by atoms with Crippen molar-refractivity contribution in [3.05, 3.63) is 45.9 Å². The highest BCUT2D eigenvalue weighted by molar-refractivity contribution is 7.09. The van der Waals surface area contributed by atoms with E-state index in [4.69, 9.17) is 4.74 Å². The van der Waals surface area contributed by atoms with Crippen molar-refractivity contribution in [3.63, 3.8) is 0 Å². The highest BCUT2D eigenvalue weighted by Crippen LogP contribution is 2.16. The molecule has 1 aliphatic heterocycles. The molecule has 3 rings (SSSR count). The van der Waals surface area contributed by atoms with E-state index in [0.29, 0.717) is 6.42 Å². The van der Waals surface area contributed by atoms with Gasteiger partial charge in [-0.3, -0.25) is 9.69 Å². The molecule has 122 valence electrons. The molecular weight excluding hydrogens is 310 g/mol. The second kappa shape index (κ2) is 7.68. The van der Waals surface area contributed by atoms with E-state index >= 15 is 0 Å². The molecule has 0 atom stereocenters. The van der Waals surface area contributed by atoms with Gasteiger partial charge in [-0.15, -0.1) is 11.3 Å². The van der Waals surface area contributed by atoms with Gasteiger partial charge in [-0.05, 0) is 18.6 Å². The Morgan fingerprint density at radius 3 is 2.91 bits per heavy atom. The van der Waals surface area contributed by atoms with Crippen molar-refractivity contribution in [2.75, 3.05) is 31.6 Å². The molecule has 0 spiro atoms. The van der Waals surface area contributed by atoms with Gasteiger partial charge in [-0.25, -0.2) is 4.98 Å². The van der Waals surface area contributed by atoms with Crippen LogP contribution in [0.4, 0.5) is 5.69 Å². The number of ether oxygens (including phenoxy) is 1. The molecule has 5 nitrogen and oxygen atoms in total. The number of anilines is 1. The summed E-state index contributed by atoms with van der Waals surface area (Å²) >= 11 is 1.62. The quantitative estimate of drug-likeness (QED) is 0.914. The number of para-hydroxylation sites is 1. The van der Waals surface area contributed by atoms with E-state index in [-0.39, 0.29) is 5.91 Å². The van der Waals surface area contributed by atoms with Gasteiger partial charge in [-0.1, -0.05) is 18.2 Å². The molecule has 2 aromatic rings. The standard InChI is InChI=1S/C17H21N3O2S/c1-13-4-2-3-5-15(13)19-16(21)10-14-12-23-17(18-14)11-20-6-8-22-9-7-20/h2-5,12H,6-11H2,1H3,(H,19,21). The summed E-state index contributed by atoms with van der Waals surface area (Å²) in [6, 6.07) is 7.78. The number of hydrogen-bond acceptors (Lipinski definition) is 5. The Hall–Kier alpha value is -1.76. The number of benzene rings is 1. The Balaban J connectivity index is 1.54. The summed E-state index contributed by atoms with van der Waals surface area (Å²) in [7, 11) is 0. The fourth-order valence-electron chi connectivity index (χ4n) is 2.53. The molecule has 1 amide bonds. The zero-order chi connectivity index (χ0) is 16.1. The predicted octanol–water partition coefficient (Wildman–Crippen LogP) is 2.46. The Bertz CT molecular complexity index is 665. The first-order chi connectivity index (χ1) is 11.2. The van der Waals surface area contributed by atoms with E-state index in [1.807, 2.05) is 36.6 Å². The summed E-state index contributed by atoms with van der Waals surface area (Å²) in [6.07, 6.45) is 0.313. The highest BCUT2D eigenvalue weighted by Gasteiger charge is 2.14. The lowest BCUT2D eigenvalue weighted by atomic mass is 10.2. The zero-order valence-corrected chi connectivity index (χ0v) is 14.1. The van der Waals surface area contributed by atoms with Crippen LogP contribution in [0.1, 0.15) is 16.3 Å². The van der Waals surface area contributed by atoms with Crippen molar-refractivity contribution in [1.82, 2.24) is 9.88 Å². The predicted molar refractivity (Wildman–Crippen MR) is 91.7 cm³/mol. The number of carbonyl (C=O) groups is 1. The summed E-state index contributed by atoms with van der Waals surface area (Å²) in [5.41, 5.74) is 2.76. The van der Waals surface area contributed by atoms with Gasteiger partial charge < -0.3 is 10.1 Å². The minimum absolute atomic E-state index is 0.0254. The van der Waals surface area contributed by atoms with E-state index in [1.54, 1.807) is 11.3 Å². The van der Waals surface area contributed by atoms with Crippen molar-refractivity contribution in [2.24, 2.45) is 0 Å². The third-order valence-corrected chi connectivity index (χ3v) is 4.71. The molecule has 1 aliphatic rings. The molecule has 0 aliphatic carbocycles. The van der Waals surface area contributed by atoms with Crippen LogP contribution >= 0.6 is 11.3 Å². The summed E-state index contributed by atoms with van der Waals surface area (Å²) in [4.78, 5) is 19.1. The number of thiazole rings is 1. The normalized spacial score (nSPS) is 15.5. The average Bonchev–Trinajstić information content (AvgIpc) is 2.97. The maximum atomic E-state index is 12.2. The number of aromatic nitrogens is 1. The van der Waals surface area contributed by atoms with Crippen LogP contribution in [0, 0.1) is 6.92 Å². The fourth-order valence-corrected chi connectivity index (χ4v) is 3.36. The number of morpholine rings is 1. The maximum Gasteiger partial charge on any atom is 0.230 e. The number of aryl methyl sites for hydroxylation is 1. The lowest BCUT2D eigenvalue weighted by Crippen LogP contribution is -2.35. The molecule has 1 aromatic heterocycles. The lowest BCUT2D eigenvalue weighted by Gasteiger charge is -2.25. The number of rotatable bonds is 5. The summed E-state index contributed by atoms with van der Waals surface area (Å²) < 4.78 is 5.35. The fraction of sp³-hybridized carbons (Fsp3) is 0.412. The van der Waals surface area contributed by atoms with Crippen molar-refractivity contribution in [1.29, 1.82) is 0 Å². The van der Waals surface area contributed by atoms with Crippen LogP contribution in [-0.2, 0) is 22.5 Å². The first-order valence-electron chi connectivity index (χ1n) is 7.79. The van der Waals surface area contributed by atoms with Crippen LogP contribution in [0.5, 0.6) is 0 Å². The highest BCUT2D eigenvalue weighted by atomic mass is 32.1.